The lowest BCUT2D eigenvalue weighted by Crippen LogP contribution is -2.06. The van der Waals surface area contributed by atoms with Crippen LogP contribution in [0.2, 0.25) is 0 Å². The Hall–Kier alpha value is -1.61. The second-order valence-electron chi connectivity index (χ2n) is 4.07. The minimum Gasteiger partial charge on any atom is -0.434 e. The van der Waals surface area contributed by atoms with Crippen LogP contribution >= 0.6 is 11.6 Å². The zero-order valence-corrected chi connectivity index (χ0v) is 10.9. The molecular weight excluding hydrogens is 270 g/mol. The van der Waals surface area contributed by atoms with Crippen molar-refractivity contribution in [3.8, 4) is 5.75 Å². The maximum Gasteiger partial charge on any atom is 0.387 e. The Morgan fingerprint density at radius 3 is 2.26 bits per heavy atom. The predicted octanol–water partition coefficient (Wildman–Crippen LogP) is 4.81. The number of benzene rings is 2. The van der Waals surface area contributed by atoms with Crippen LogP contribution in [-0.4, -0.2) is 6.61 Å². The van der Waals surface area contributed by atoms with Crippen molar-refractivity contribution in [2.24, 2.45) is 0 Å². The van der Waals surface area contributed by atoms with E-state index in [1.165, 1.54) is 6.07 Å². The lowest BCUT2D eigenvalue weighted by molar-refractivity contribution is -0.0504. The fraction of sp³-hybridized carbons (Fsp3) is 0.200. The van der Waals surface area contributed by atoms with E-state index in [1.54, 1.807) is 18.2 Å². The molecule has 0 N–H and O–H groups in total. The number of halogens is 3. The van der Waals surface area contributed by atoms with Crippen molar-refractivity contribution >= 4 is 11.6 Å². The molecule has 2 aromatic rings. The smallest absolute Gasteiger partial charge is 0.387 e. The van der Waals surface area contributed by atoms with E-state index in [1.807, 2.05) is 30.3 Å². The molecular formula is C15H13ClF2O. The standard InChI is InChI=1S/C15H13ClF2O/c16-13(10-11-6-2-1-3-7-11)12-8-4-5-9-14(12)19-15(17)18/h1-9,13,15H,10H2. The molecule has 19 heavy (non-hydrogen) atoms. The highest BCUT2D eigenvalue weighted by atomic mass is 35.5. The molecule has 2 rings (SSSR count). The molecule has 1 nitrogen and oxygen atoms in total. The molecule has 0 aliphatic heterocycles. The molecule has 0 aliphatic carbocycles. The lowest BCUT2D eigenvalue weighted by atomic mass is 10.0. The largest absolute Gasteiger partial charge is 0.434 e. The molecule has 0 aromatic heterocycles. The van der Waals surface area contributed by atoms with E-state index < -0.39 is 12.0 Å². The zero-order chi connectivity index (χ0) is 13.7. The number of alkyl halides is 3. The van der Waals surface area contributed by atoms with Crippen LogP contribution in [0.4, 0.5) is 8.78 Å². The molecule has 4 heteroatoms. The zero-order valence-electron chi connectivity index (χ0n) is 10.1. The predicted molar refractivity (Wildman–Crippen MR) is 71.8 cm³/mol. The highest BCUT2D eigenvalue weighted by Gasteiger charge is 2.16. The third kappa shape index (κ3) is 3.93. The van der Waals surface area contributed by atoms with Crippen LogP contribution in [0.5, 0.6) is 5.75 Å². The van der Waals surface area contributed by atoms with Gasteiger partial charge in [0.1, 0.15) is 5.75 Å². The highest BCUT2D eigenvalue weighted by molar-refractivity contribution is 6.21. The molecule has 100 valence electrons. The number of hydrogen-bond donors (Lipinski definition) is 0. The average Bonchev–Trinajstić information content (AvgIpc) is 2.39. The first kappa shape index (κ1) is 13.8. The van der Waals surface area contributed by atoms with Gasteiger partial charge in [-0.3, -0.25) is 0 Å². The van der Waals surface area contributed by atoms with Crippen molar-refractivity contribution in [2.75, 3.05) is 0 Å². The SMILES string of the molecule is FC(F)Oc1ccccc1C(Cl)Cc1ccccc1. The summed E-state index contributed by atoms with van der Waals surface area (Å²) in [4.78, 5) is 0. The Bertz CT molecular complexity index is 517. The Labute approximate surface area is 115 Å². The first-order valence-corrected chi connectivity index (χ1v) is 6.32. The van der Waals surface area contributed by atoms with E-state index in [9.17, 15) is 8.78 Å². The van der Waals surface area contributed by atoms with E-state index in [2.05, 4.69) is 4.74 Å². The van der Waals surface area contributed by atoms with E-state index in [4.69, 9.17) is 11.6 Å². The van der Waals surface area contributed by atoms with Crippen LogP contribution in [0.15, 0.2) is 54.6 Å². The van der Waals surface area contributed by atoms with Gasteiger partial charge in [-0.2, -0.15) is 8.78 Å². The molecule has 0 amide bonds. The van der Waals surface area contributed by atoms with Gasteiger partial charge in [-0.1, -0.05) is 48.5 Å². The number of hydrogen-bond acceptors (Lipinski definition) is 1. The Morgan fingerprint density at radius 2 is 1.58 bits per heavy atom. The maximum atomic E-state index is 12.3. The molecule has 0 bridgehead atoms. The van der Waals surface area contributed by atoms with Gasteiger partial charge < -0.3 is 4.74 Å². The van der Waals surface area contributed by atoms with E-state index >= 15 is 0 Å². The second-order valence-corrected chi connectivity index (χ2v) is 4.60. The van der Waals surface area contributed by atoms with Gasteiger partial charge in [-0.05, 0) is 18.1 Å². The summed E-state index contributed by atoms with van der Waals surface area (Å²) in [5, 5.41) is -0.405. The van der Waals surface area contributed by atoms with Gasteiger partial charge in [0.25, 0.3) is 0 Å². The van der Waals surface area contributed by atoms with Crippen LogP contribution in [0, 0.1) is 0 Å². The van der Waals surface area contributed by atoms with Crippen molar-refractivity contribution in [1.29, 1.82) is 0 Å². The molecule has 1 atom stereocenters. The van der Waals surface area contributed by atoms with Gasteiger partial charge >= 0.3 is 6.61 Å². The van der Waals surface area contributed by atoms with Crippen LogP contribution in [0.1, 0.15) is 16.5 Å². The Balaban J connectivity index is 2.16. The summed E-state index contributed by atoms with van der Waals surface area (Å²) >= 11 is 6.30. The monoisotopic (exact) mass is 282 g/mol. The molecule has 0 radical (unpaired) electrons. The summed E-state index contributed by atoms with van der Waals surface area (Å²) in [6.45, 7) is -2.85. The number of ether oxygens (including phenoxy) is 1. The number of rotatable bonds is 5. The van der Waals surface area contributed by atoms with Crippen LogP contribution in [0.25, 0.3) is 0 Å². The Kier molecular flexibility index (Phi) is 4.74. The first-order chi connectivity index (χ1) is 9.16. The lowest BCUT2D eigenvalue weighted by Gasteiger charge is -2.15. The van der Waals surface area contributed by atoms with Gasteiger partial charge in [-0.15, -0.1) is 11.6 Å². The summed E-state index contributed by atoms with van der Waals surface area (Å²) < 4.78 is 29.1. The number of para-hydroxylation sites is 1. The third-order valence-electron chi connectivity index (χ3n) is 2.73. The van der Waals surface area contributed by atoms with Crippen molar-refractivity contribution in [3.05, 3.63) is 65.7 Å². The third-order valence-corrected chi connectivity index (χ3v) is 3.12. The van der Waals surface area contributed by atoms with E-state index in [0.29, 0.717) is 12.0 Å². The fourth-order valence-corrected chi connectivity index (χ4v) is 2.23. The quantitative estimate of drug-likeness (QED) is 0.715. The van der Waals surface area contributed by atoms with Gasteiger partial charge in [-0.25, -0.2) is 0 Å². The minimum absolute atomic E-state index is 0.133. The highest BCUT2D eigenvalue weighted by Crippen LogP contribution is 2.33. The first-order valence-electron chi connectivity index (χ1n) is 5.88. The summed E-state index contributed by atoms with van der Waals surface area (Å²) in [5.41, 5.74) is 1.63. The fourth-order valence-electron chi connectivity index (χ4n) is 1.87. The molecule has 0 spiro atoms. The van der Waals surface area contributed by atoms with Crippen molar-refractivity contribution in [3.63, 3.8) is 0 Å². The van der Waals surface area contributed by atoms with E-state index in [-0.39, 0.29) is 5.75 Å². The van der Waals surface area contributed by atoms with Gasteiger partial charge in [0, 0.05) is 5.56 Å². The molecule has 0 heterocycles. The topological polar surface area (TPSA) is 9.23 Å². The average molecular weight is 283 g/mol. The van der Waals surface area contributed by atoms with Crippen LogP contribution in [0.3, 0.4) is 0 Å². The molecule has 0 aliphatic rings. The van der Waals surface area contributed by atoms with Gasteiger partial charge in [0.05, 0.1) is 5.38 Å². The maximum absolute atomic E-state index is 12.3. The molecule has 2 aromatic carbocycles. The molecule has 0 saturated carbocycles. The van der Waals surface area contributed by atoms with Gasteiger partial charge in [0.2, 0.25) is 0 Å². The van der Waals surface area contributed by atoms with Crippen molar-refractivity contribution in [1.82, 2.24) is 0 Å². The normalized spacial score (nSPS) is 12.4. The minimum atomic E-state index is -2.85. The van der Waals surface area contributed by atoms with Crippen molar-refractivity contribution < 1.29 is 13.5 Å². The van der Waals surface area contributed by atoms with Crippen molar-refractivity contribution in [2.45, 2.75) is 18.4 Å². The molecule has 0 saturated heterocycles. The Morgan fingerprint density at radius 1 is 0.947 bits per heavy atom. The summed E-state index contributed by atoms with van der Waals surface area (Å²) in [6.07, 6.45) is 0.562. The molecule has 0 fully saturated rings. The van der Waals surface area contributed by atoms with E-state index in [0.717, 1.165) is 5.56 Å². The van der Waals surface area contributed by atoms with Gasteiger partial charge in [0.15, 0.2) is 0 Å². The summed E-state index contributed by atoms with van der Waals surface area (Å²) in [5.74, 6) is 0.133. The van der Waals surface area contributed by atoms with Crippen LogP contribution in [-0.2, 0) is 6.42 Å². The van der Waals surface area contributed by atoms with Crippen LogP contribution < -0.4 is 4.74 Å². The summed E-state index contributed by atoms with van der Waals surface area (Å²) in [7, 11) is 0. The summed E-state index contributed by atoms with van der Waals surface area (Å²) in [6, 6.07) is 16.3. The second kappa shape index (κ2) is 6.53. The molecule has 1 unspecified atom stereocenters.